The summed E-state index contributed by atoms with van der Waals surface area (Å²) in [6.45, 7) is 8.05. The number of ether oxygens (including phenoxy) is 2. The SMILES string of the molecule is CCOC(=O)CN1C(=O)C(=Cc2ccc(Cl)cc2)Oc2ccc(C(C)(C)C)cc21. The van der Waals surface area contributed by atoms with Gasteiger partial charge >= 0.3 is 5.97 Å². The molecule has 1 aliphatic rings. The number of esters is 1. The van der Waals surface area contributed by atoms with Gasteiger partial charge in [0.1, 0.15) is 6.54 Å². The zero-order valence-corrected chi connectivity index (χ0v) is 17.7. The van der Waals surface area contributed by atoms with Gasteiger partial charge in [0, 0.05) is 5.02 Å². The molecule has 1 heterocycles. The van der Waals surface area contributed by atoms with Crippen LogP contribution in [-0.2, 0) is 19.7 Å². The number of amides is 1. The van der Waals surface area contributed by atoms with Crippen LogP contribution >= 0.6 is 11.6 Å². The molecule has 6 heteroatoms. The highest BCUT2D eigenvalue weighted by atomic mass is 35.5. The summed E-state index contributed by atoms with van der Waals surface area (Å²) in [6.07, 6.45) is 1.64. The highest BCUT2D eigenvalue weighted by molar-refractivity contribution is 6.30. The first-order valence-electron chi connectivity index (χ1n) is 9.46. The van der Waals surface area contributed by atoms with Crippen molar-refractivity contribution in [2.24, 2.45) is 0 Å². The van der Waals surface area contributed by atoms with E-state index >= 15 is 0 Å². The van der Waals surface area contributed by atoms with Crippen LogP contribution in [0.5, 0.6) is 5.75 Å². The minimum absolute atomic E-state index is 0.118. The van der Waals surface area contributed by atoms with Crippen LogP contribution in [0.1, 0.15) is 38.8 Å². The third-order valence-corrected chi connectivity index (χ3v) is 4.80. The smallest absolute Gasteiger partial charge is 0.326 e. The van der Waals surface area contributed by atoms with Crippen LogP contribution in [0.25, 0.3) is 6.08 Å². The zero-order valence-electron chi connectivity index (χ0n) is 17.0. The Labute approximate surface area is 175 Å². The van der Waals surface area contributed by atoms with E-state index in [1.165, 1.54) is 4.90 Å². The average molecular weight is 414 g/mol. The summed E-state index contributed by atoms with van der Waals surface area (Å²) < 4.78 is 11.0. The average Bonchev–Trinajstić information content (AvgIpc) is 2.66. The van der Waals surface area contributed by atoms with E-state index in [2.05, 4.69) is 20.8 Å². The minimum atomic E-state index is -0.472. The molecule has 0 aliphatic carbocycles. The Hall–Kier alpha value is -2.79. The van der Waals surface area contributed by atoms with E-state index in [0.717, 1.165) is 11.1 Å². The van der Waals surface area contributed by atoms with Crippen molar-refractivity contribution in [2.45, 2.75) is 33.1 Å². The predicted molar refractivity (Wildman–Crippen MR) is 114 cm³/mol. The number of nitrogens with zero attached hydrogens (tertiary/aromatic N) is 1. The molecule has 1 aliphatic heterocycles. The Bertz CT molecular complexity index is 958. The predicted octanol–water partition coefficient (Wildman–Crippen LogP) is 4.97. The molecular weight excluding hydrogens is 390 g/mol. The van der Waals surface area contributed by atoms with E-state index in [1.54, 1.807) is 37.3 Å². The molecular formula is C23H24ClNO4. The van der Waals surface area contributed by atoms with Gasteiger partial charge in [0.05, 0.1) is 12.3 Å². The third kappa shape index (κ3) is 4.80. The van der Waals surface area contributed by atoms with Crippen molar-refractivity contribution in [2.75, 3.05) is 18.1 Å². The standard InChI is InChI=1S/C23H24ClNO4/c1-5-28-21(26)14-25-18-13-16(23(2,3)4)8-11-19(18)29-20(22(25)27)12-15-6-9-17(24)10-7-15/h6-13H,5,14H2,1-4H3. The Kier molecular flexibility index (Phi) is 5.99. The van der Waals surface area contributed by atoms with Gasteiger partial charge < -0.3 is 9.47 Å². The van der Waals surface area contributed by atoms with Gasteiger partial charge in [0.25, 0.3) is 5.91 Å². The number of benzene rings is 2. The molecule has 29 heavy (non-hydrogen) atoms. The topological polar surface area (TPSA) is 55.8 Å². The molecule has 2 aromatic rings. The number of rotatable bonds is 4. The number of halogens is 1. The van der Waals surface area contributed by atoms with Gasteiger partial charge in [-0.2, -0.15) is 0 Å². The van der Waals surface area contributed by atoms with Gasteiger partial charge in [-0.05, 0) is 53.8 Å². The van der Waals surface area contributed by atoms with Gasteiger partial charge in [-0.25, -0.2) is 0 Å². The van der Waals surface area contributed by atoms with Crippen LogP contribution in [0.4, 0.5) is 5.69 Å². The van der Waals surface area contributed by atoms with Crippen LogP contribution in [0, 0.1) is 0 Å². The molecule has 0 bridgehead atoms. The largest absolute Gasteiger partial charge is 0.465 e. The van der Waals surface area contributed by atoms with Gasteiger partial charge in [-0.3, -0.25) is 14.5 Å². The van der Waals surface area contributed by atoms with Gasteiger partial charge in [0.15, 0.2) is 11.5 Å². The summed E-state index contributed by atoms with van der Waals surface area (Å²) in [5.74, 6) is -0.220. The molecule has 0 atom stereocenters. The molecule has 0 radical (unpaired) electrons. The van der Waals surface area contributed by atoms with Crippen LogP contribution in [-0.4, -0.2) is 25.0 Å². The second-order valence-electron chi connectivity index (χ2n) is 7.79. The second kappa shape index (κ2) is 8.29. The van der Waals surface area contributed by atoms with Crippen LogP contribution < -0.4 is 9.64 Å². The quantitative estimate of drug-likeness (QED) is 0.524. The molecule has 3 rings (SSSR count). The summed E-state index contributed by atoms with van der Waals surface area (Å²) in [6, 6.07) is 12.8. The van der Waals surface area contributed by atoms with Gasteiger partial charge in [-0.15, -0.1) is 0 Å². The summed E-state index contributed by atoms with van der Waals surface area (Å²) in [7, 11) is 0. The molecule has 5 nitrogen and oxygen atoms in total. The number of carbonyl (C=O) groups is 2. The van der Waals surface area contributed by atoms with E-state index in [9.17, 15) is 9.59 Å². The highest BCUT2D eigenvalue weighted by Gasteiger charge is 2.33. The maximum absolute atomic E-state index is 13.2. The van der Waals surface area contributed by atoms with Crippen LogP contribution in [0.15, 0.2) is 48.2 Å². The van der Waals surface area contributed by atoms with E-state index in [0.29, 0.717) is 16.5 Å². The molecule has 152 valence electrons. The van der Waals surface area contributed by atoms with E-state index in [1.807, 2.05) is 18.2 Å². The monoisotopic (exact) mass is 413 g/mol. The lowest BCUT2D eigenvalue weighted by molar-refractivity contribution is -0.142. The van der Waals surface area contributed by atoms with Crippen LogP contribution in [0.3, 0.4) is 0 Å². The summed E-state index contributed by atoms with van der Waals surface area (Å²) >= 11 is 5.93. The fourth-order valence-corrected chi connectivity index (χ4v) is 3.11. The lowest BCUT2D eigenvalue weighted by atomic mass is 9.86. The van der Waals surface area contributed by atoms with Crippen molar-refractivity contribution >= 4 is 35.2 Å². The Morgan fingerprint density at radius 2 is 1.86 bits per heavy atom. The second-order valence-corrected chi connectivity index (χ2v) is 8.23. The number of anilines is 1. The molecule has 0 saturated carbocycles. The first-order valence-corrected chi connectivity index (χ1v) is 9.84. The first kappa shape index (κ1) is 20.9. The maximum Gasteiger partial charge on any atom is 0.326 e. The normalized spacial score (nSPS) is 15.1. The molecule has 0 N–H and O–H groups in total. The van der Waals surface area contributed by atoms with Crippen molar-refractivity contribution < 1.29 is 19.1 Å². The molecule has 2 aromatic carbocycles. The maximum atomic E-state index is 13.2. The lowest BCUT2D eigenvalue weighted by Crippen LogP contribution is -2.41. The van der Waals surface area contributed by atoms with Crippen molar-refractivity contribution in [1.82, 2.24) is 0 Å². The van der Waals surface area contributed by atoms with Crippen molar-refractivity contribution in [3.63, 3.8) is 0 Å². The fraction of sp³-hybridized carbons (Fsp3) is 0.304. The molecule has 0 unspecified atom stereocenters. The third-order valence-electron chi connectivity index (χ3n) is 4.55. The van der Waals surface area contributed by atoms with Crippen molar-refractivity contribution in [3.05, 3.63) is 64.4 Å². The molecule has 1 amide bonds. The number of hydrogen-bond acceptors (Lipinski definition) is 4. The summed E-state index contributed by atoms with van der Waals surface area (Å²) in [4.78, 5) is 26.7. The van der Waals surface area contributed by atoms with Gasteiger partial charge in [-0.1, -0.05) is 50.6 Å². The number of hydrogen-bond donors (Lipinski definition) is 0. The summed E-state index contributed by atoms with van der Waals surface area (Å²) in [5, 5.41) is 0.604. The molecule has 0 spiro atoms. The van der Waals surface area contributed by atoms with Crippen molar-refractivity contribution in [3.8, 4) is 5.75 Å². The lowest BCUT2D eigenvalue weighted by Gasteiger charge is -2.31. The van der Waals surface area contributed by atoms with Crippen LogP contribution in [0.2, 0.25) is 5.02 Å². The fourth-order valence-electron chi connectivity index (χ4n) is 2.98. The Balaban J connectivity index is 2.04. The molecule has 0 fully saturated rings. The Morgan fingerprint density at radius 1 is 1.17 bits per heavy atom. The van der Waals surface area contributed by atoms with E-state index in [-0.39, 0.29) is 24.3 Å². The van der Waals surface area contributed by atoms with Gasteiger partial charge in [0.2, 0.25) is 0 Å². The summed E-state index contributed by atoms with van der Waals surface area (Å²) in [5.41, 5.74) is 2.24. The zero-order chi connectivity index (χ0) is 21.2. The Morgan fingerprint density at radius 3 is 2.48 bits per heavy atom. The van der Waals surface area contributed by atoms with E-state index < -0.39 is 11.9 Å². The molecule has 0 saturated heterocycles. The first-order chi connectivity index (χ1) is 13.7. The minimum Gasteiger partial charge on any atom is -0.465 e. The van der Waals surface area contributed by atoms with E-state index in [4.69, 9.17) is 21.1 Å². The molecule has 0 aromatic heterocycles. The highest BCUT2D eigenvalue weighted by Crippen LogP contribution is 2.39. The van der Waals surface area contributed by atoms with Crippen molar-refractivity contribution in [1.29, 1.82) is 0 Å². The number of fused-ring (bicyclic) bond motifs is 1. The number of carbonyl (C=O) groups excluding carboxylic acids is 2.